The maximum Gasteiger partial charge on any atom is 0.256 e. The van der Waals surface area contributed by atoms with Crippen molar-refractivity contribution in [3.63, 3.8) is 0 Å². The molecule has 2 aromatic rings. The number of rotatable bonds is 7. The van der Waals surface area contributed by atoms with Gasteiger partial charge >= 0.3 is 0 Å². The molecule has 0 saturated carbocycles. The highest BCUT2D eigenvalue weighted by atomic mass is 32.1. The molecule has 1 aromatic carbocycles. The first kappa shape index (κ1) is 17.0. The van der Waals surface area contributed by atoms with E-state index in [9.17, 15) is 9.59 Å². The summed E-state index contributed by atoms with van der Waals surface area (Å²) in [5.41, 5.74) is 0.955. The van der Waals surface area contributed by atoms with Gasteiger partial charge in [0, 0.05) is 12.6 Å². The van der Waals surface area contributed by atoms with Crippen molar-refractivity contribution in [2.45, 2.75) is 19.8 Å². The van der Waals surface area contributed by atoms with Crippen molar-refractivity contribution in [2.75, 3.05) is 19.0 Å². The van der Waals surface area contributed by atoms with E-state index in [-0.39, 0.29) is 11.8 Å². The second-order valence-corrected chi connectivity index (χ2v) is 5.84. The average Bonchev–Trinajstić information content (AvgIpc) is 3.03. The summed E-state index contributed by atoms with van der Waals surface area (Å²) in [6, 6.07) is 8.72. The van der Waals surface area contributed by atoms with Crippen LogP contribution in [0.5, 0.6) is 5.75 Å². The fourth-order valence-corrected chi connectivity index (χ4v) is 2.74. The number of unbranched alkanes of at least 4 members (excludes halogenated alkanes) is 1. The van der Waals surface area contributed by atoms with E-state index in [4.69, 9.17) is 4.74 Å². The number of nitrogens with one attached hydrogen (secondary N) is 2. The van der Waals surface area contributed by atoms with E-state index in [1.54, 1.807) is 36.7 Å². The van der Waals surface area contributed by atoms with Crippen molar-refractivity contribution >= 4 is 28.2 Å². The van der Waals surface area contributed by atoms with Gasteiger partial charge < -0.3 is 15.4 Å². The van der Waals surface area contributed by atoms with Gasteiger partial charge in [0.2, 0.25) is 0 Å². The molecule has 2 rings (SSSR count). The molecule has 5 nitrogen and oxygen atoms in total. The third-order valence-corrected chi connectivity index (χ3v) is 4.06. The van der Waals surface area contributed by atoms with Crippen LogP contribution in [0.1, 0.15) is 40.5 Å². The van der Waals surface area contributed by atoms with Crippen LogP contribution >= 0.6 is 11.3 Å². The third-order valence-electron chi connectivity index (χ3n) is 3.23. The zero-order valence-electron chi connectivity index (χ0n) is 13.2. The fourth-order valence-electron chi connectivity index (χ4n) is 1.96. The first-order chi connectivity index (χ1) is 11.2. The molecule has 1 heterocycles. The molecule has 6 heteroatoms. The van der Waals surface area contributed by atoms with Gasteiger partial charge in [0.05, 0.1) is 12.2 Å². The van der Waals surface area contributed by atoms with Crippen LogP contribution in [-0.2, 0) is 0 Å². The van der Waals surface area contributed by atoms with E-state index in [0.717, 1.165) is 12.8 Å². The van der Waals surface area contributed by atoms with Crippen molar-refractivity contribution in [1.29, 1.82) is 0 Å². The van der Waals surface area contributed by atoms with Gasteiger partial charge in [0.25, 0.3) is 11.8 Å². The number of amides is 2. The number of benzene rings is 1. The molecule has 2 amide bonds. The number of thiophene rings is 1. The molecule has 0 bridgehead atoms. The standard InChI is InChI=1S/C17H20N2O3S/c1-3-4-9-22-13-7-5-6-12(11-13)15(20)19-17-14(8-10-23-17)16(21)18-2/h5-8,10-11H,3-4,9H2,1-2H3,(H,18,21)(H,19,20). The quantitative estimate of drug-likeness (QED) is 0.762. The van der Waals surface area contributed by atoms with Crippen LogP contribution in [0.3, 0.4) is 0 Å². The van der Waals surface area contributed by atoms with Gasteiger partial charge in [-0.25, -0.2) is 0 Å². The molecular weight excluding hydrogens is 312 g/mol. The van der Waals surface area contributed by atoms with Gasteiger partial charge in [-0.05, 0) is 36.1 Å². The molecule has 0 radical (unpaired) electrons. The van der Waals surface area contributed by atoms with Crippen LogP contribution in [0.15, 0.2) is 35.7 Å². The predicted molar refractivity (Wildman–Crippen MR) is 92.5 cm³/mol. The van der Waals surface area contributed by atoms with E-state index in [2.05, 4.69) is 17.6 Å². The van der Waals surface area contributed by atoms with E-state index in [1.807, 2.05) is 6.07 Å². The average molecular weight is 332 g/mol. The van der Waals surface area contributed by atoms with Gasteiger partial charge in [-0.15, -0.1) is 11.3 Å². The van der Waals surface area contributed by atoms with Crippen LogP contribution in [0.2, 0.25) is 0 Å². The largest absolute Gasteiger partial charge is 0.494 e. The summed E-state index contributed by atoms with van der Waals surface area (Å²) in [5.74, 6) is 0.181. The molecule has 1 aromatic heterocycles. The Morgan fingerprint density at radius 3 is 2.78 bits per heavy atom. The molecule has 0 unspecified atom stereocenters. The van der Waals surface area contributed by atoms with Crippen molar-refractivity contribution < 1.29 is 14.3 Å². The van der Waals surface area contributed by atoms with E-state index in [1.165, 1.54) is 11.3 Å². The van der Waals surface area contributed by atoms with E-state index < -0.39 is 0 Å². The lowest BCUT2D eigenvalue weighted by atomic mass is 10.2. The molecule has 0 aliphatic carbocycles. The molecule has 122 valence electrons. The maximum absolute atomic E-state index is 12.4. The van der Waals surface area contributed by atoms with E-state index >= 15 is 0 Å². The number of hydrogen-bond acceptors (Lipinski definition) is 4. The molecule has 0 saturated heterocycles. The lowest BCUT2D eigenvalue weighted by Crippen LogP contribution is -2.20. The summed E-state index contributed by atoms with van der Waals surface area (Å²) in [7, 11) is 1.56. The van der Waals surface area contributed by atoms with Crippen LogP contribution in [-0.4, -0.2) is 25.5 Å². The fraction of sp³-hybridized carbons (Fsp3) is 0.294. The highest BCUT2D eigenvalue weighted by molar-refractivity contribution is 7.14. The highest BCUT2D eigenvalue weighted by Crippen LogP contribution is 2.24. The second kappa shape index (κ2) is 8.33. The zero-order chi connectivity index (χ0) is 16.7. The molecule has 0 spiro atoms. The third kappa shape index (κ3) is 4.56. The lowest BCUT2D eigenvalue weighted by molar-refractivity contribution is 0.0964. The van der Waals surface area contributed by atoms with Gasteiger partial charge in [0.1, 0.15) is 10.8 Å². The van der Waals surface area contributed by atoms with Crippen molar-refractivity contribution in [3.05, 3.63) is 46.8 Å². The van der Waals surface area contributed by atoms with Crippen LogP contribution < -0.4 is 15.4 Å². The smallest absolute Gasteiger partial charge is 0.256 e. The first-order valence-electron chi connectivity index (χ1n) is 7.49. The Labute approximate surface area is 139 Å². The molecule has 23 heavy (non-hydrogen) atoms. The first-order valence-corrected chi connectivity index (χ1v) is 8.37. The Kier molecular flexibility index (Phi) is 6.17. The minimum absolute atomic E-state index is 0.224. The number of carbonyl (C=O) groups is 2. The summed E-state index contributed by atoms with van der Waals surface area (Å²) in [4.78, 5) is 24.1. The van der Waals surface area contributed by atoms with Gasteiger partial charge in [0.15, 0.2) is 0 Å². The van der Waals surface area contributed by atoms with Crippen molar-refractivity contribution in [2.24, 2.45) is 0 Å². The summed E-state index contributed by atoms with van der Waals surface area (Å²) >= 11 is 1.31. The Morgan fingerprint density at radius 2 is 2.04 bits per heavy atom. The minimum atomic E-state index is -0.265. The molecule has 0 atom stereocenters. The molecular formula is C17H20N2O3S. The van der Waals surface area contributed by atoms with Crippen LogP contribution in [0, 0.1) is 0 Å². The van der Waals surface area contributed by atoms with E-state index in [0.29, 0.717) is 28.5 Å². The van der Waals surface area contributed by atoms with Gasteiger partial charge in [-0.2, -0.15) is 0 Å². The Hall–Kier alpha value is -2.34. The SMILES string of the molecule is CCCCOc1cccc(C(=O)Nc2sccc2C(=O)NC)c1. The van der Waals surface area contributed by atoms with Crippen LogP contribution in [0.4, 0.5) is 5.00 Å². The Balaban J connectivity index is 2.08. The van der Waals surface area contributed by atoms with Crippen molar-refractivity contribution in [1.82, 2.24) is 5.32 Å². The second-order valence-electron chi connectivity index (χ2n) is 4.93. The Bertz CT molecular complexity index is 682. The number of ether oxygens (including phenoxy) is 1. The lowest BCUT2D eigenvalue weighted by Gasteiger charge is -2.08. The summed E-state index contributed by atoms with van der Waals surface area (Å²) < 4.78 is 5.61. The van der Waals surface area contributed by atoms with Gasteiger partial charge in [-0.3, -0.25) is 9.59 Å². The zero-order valence-corrected chi connectivity index (χ0v) is 14.0. The van der Waals surface area contributed by atoms with Crippen LogP contribution in [0.25, 0.3) is 0 Å². The Morgan fingerprint density at radius 1 is 1.22 bits per heavy atom. The number of anilines is 1. The summed E-state index contributed by atoms with van der Waals surface area (Å²) in [6.45, 7) is 2.73. The maximum atomic E-state index is 12.4. The monoisotopic (exact) mass is 332 g/mol. The number of carbonyl (C=O) groups excluding carboxylic acids is 2. The normalized spacial score (nSPS) is 10.2. The molecule has 0 aliphatic heterocycles. The summed E-state index contributed by atoms with van der Waals surface area (Å²) in [5, 5.41) is 7.64. The predicted octanol–water partition coefficient (Wildman–Crippen LogP) is 3.54. The molecule has 0 aliphatic rings. The minimum Gasteiger partial charge on any atom is -0.494 e. The van der Waals surface area contributed by atoms with Crippen molar-refractivity contribution in [3.8, 4) is 5.75 Å². The highest BCUT2D eigenvalue weighted by Gasteiger charge is 2.15. The number of hydrogen-bond donors (Lipinski definition) is 2. The van der Waals surface area contributed by atoms with Gasteiger partial charge in [-0.1, -0.05) is 19.4 Å². The topological polar surface area (TPSA) is 67.4 Å². The molecule has 2 N–H and O–H groups in total. The summed E-state index contributed by atoms with van der Waals surface area (Å²) in [6.07, 6.45) is 2.03. The molecule has 0 fully saturated rings.